The lowest BCUT2D eigenvalue weighted by Crippen LogP contribution is -2.30. The molecule has 0 unspecified atom stereocenters. The van der Waals surface area contributed by atoms with Crippen LogP contribution in [0.5, 0.6) is 5.75 Å². The van der Waals surface area contributed by atoms with E-state index in [1.54, 1.807) is 31.2 Å². The lowest BCUT2D eigenvalue weighted by Gasteiger charge is -2.13. The van der Waals surface area contributed by atoms with Gasteiger partial charge in [0, 0.05) is 10.6 Å². The molecule has 1 heterocycles. The lowest BCUT2D eigenvalue weighted by atomic mass is 10.2. The van der Waals surface area contributed by atoms with Crippen molar-refractivity contribution < 1.29 is 14.1 Å². The zero-order valence-corrected chi connectivity index (χ0v) is 15.2. The molecular formula is C19H18ClN3O3. The quantitative estimate of drug-likeness (QED) is 0.696. The SMILES string of the molecule is CCc1ccc(O[C@@H](C)C(=O)Nc2noc(-c3cccc(Cl)c3)n2)cc1. The average Bonchev–Trinajstić information content (AvgIpc) is 3.11. The van der Waals surface area contributed by atoms with E-state index in [1.165, 1.54) is 5.56 Å². The topological polar surface area (TPSA) is 77.2 Å². The van der Waals surface area contributed by atoms with Crippen LogP contribution in [0, 0.1) is 0 Å². The first-order valence-electron chi connectivity index (χ1n) is 8.21. The van der Waals surface area contributed by atoms with Crippen LogP contribution in [0.25, 0.3) is 11.5 Å². The Bertz CT molecular complexity index is 893. The molecule has 7 heteroatoms. The monoisotopic (exact) mass is 371 g/mol. The molecule has 0 radical (unpaired) electrons. The number of ether oxygens (including phenoxy) is 1. The molecule has 26 heavy (non-hydrogen) atoms. The molecule has 134 valence electrons. The van der Waals surface area contributed by atoms with Gasteiger partial charge in [0.25, 0.3) is 17.7 Å². The summed E-state index contributed by atoms with van der Waals surface area (Å²) in [5.74, 6) is 0.592. The third-order valence-electron chi connectivity index (χ3n) is 3.75. The van der Waals surface area contributed by atoms with Crippen molar-refractivity contribution in [1.29, 1.82) is 0 Å². The number of amides is 1. The summed E-state index contributed by atoms with van der Waals surface area (Å²) in [5, 5.41) is 6.89. The molecule has 0 aliphatic carbocycles. The minimum absolute atomic E-state index is 0.0711. The van der Waals surface area contributed by atoms with Crippen LogP contribution in [0.15, 0.2) is 53.1 Å². The number of nitrogens with one attached hydrogen (secondary N) is 1. The van der Waals surface area contributed by atoms with Gasteiger partial charge in [-0.2, -0.15) is 4.98 Å². The van der Waals surface area contributed by atoms with E-state index >= 15 is 0 Å². The Hall–Kier alpha value is -2.86. The summed E-state index contributed by atoms with van der Waals surface area (Å²) in [7, 11) is 0. The van der Waals surface area contributed by atoms with Crippen LogP contribution in [0.4, 0.5) is 5.95 Å². The van der Waals surface area contributed by atoms with Crippen molar-refractivity contribution in [2.45, 2.75) is 26.4 Å². The van der Waals surface area contributed by atoms with Gasteiger partial charge in [-0.3, -0.25) is 10.1 Å². The highest BCUT2D eigenvalue weighted by molar-refractivity contribution is 6.30. The van der Waals surface area contributed by atoms with E-state index in [0.717, 1.165) is 6.42 Å². The first kappa shape index (κ1) is 17.9. The number of benzene rings is 2. The van der Waals surface area contributed by atoms with Crippen LogP contribution in [-0.2, 0) is 11.2 Å². The summed E-state index contributed by atoms with van der Waals surface area (Å²) in [6.07, 6.45) is 0.235. The van der Waals surface area contributed by atoms with Crippen molar-refractivity contribution in [2.75, 3.05) is 5.32 Å². The number of halogens is 1. The van der Waals surface area contributed by atoms with Crippen LogP contribution in [0.2, 0.25) is 5.02 Å². The normalized spacial score (nSPS) is 11.8. The van der Waals surface area contributed by atoms with Gasteiger partial charge in [-0.25, -0.2) is 0 Å². The Morgan fingerprint density at radius 3 is 2.73 bits per heavy atom. The van der Waals surface area contributed by atoms with Crippen LogP contribution in [0.1, 0.15) is 19.4 Å². The maximum absolute atomic E-state index is 12.3. The van der Waals surface area contributed by atoms with Crippen molar-refractivity contribution in [1.82, 2.24) is 10.1 Å². The smallest absolute Gasteiger partial charge is 0.270 e. The first-order chi connectivity index (χ1) is 12.5. The molecule has 0 bridgehead atoms. The fourth-order valence-electron chi connectivity index (χ4n) is 2.29. The highest BCUT2D eigenvalue weighted by Crippen LogP contribution is 2.22. The minimum Gasteiger partial charge on any atom is -0.481 e. The maximum Gasteiger partial charge on any atom is 0.270 e. The largest absolute Gasteiger partial charge is 0.481 e. The van der Waals surface area contributed by atoms with Gasteiger partial charge in [0.1, 0.15) is 5.75 Å². The van der Waals surface area contributed by atoms with E-state index < -0.39 is 6.10 Å². The van der Waals surface area contributed by atoms with Crippen molar-refractivity contribution in [3.05, 3.63) is 59.1 Å². The van der Waals surface area contributed by atoms with Gasteiger partial charge in [0.05, 0.1) is 0 Å². The molecule has 1 atom stereocenters. The average molecular weight is 372 g/mol. The molecule has 1 aromatic heterocycles. The van der Waals surface area contributed by atoms with Gasteiger partial charge in [-0.1, -0.05) is 36.7 Å². The van der Waals surface area contributed by atoms with E-state index in [-0.39, 0.29) is 17.7 Å². The number of hydrogen-bond donors (Lipinski definition) is 1. The maximum atomic E-state index is 12.3. The third kappa shape index (κ3) is 4.40. The molecule has 0 aliphatic rings. The first-order valence-corrected chi connectivity index (χ1v) is 8.59. The molecule has 3 aromatic rings. The zero-order valence-electron chi connectivity index (χ0n) is 14.4. The number of aryl methyl sites for hydroxylation is 1. The van der Waals surface area contributed by atoms with E-state index in [1.807, 2.05) is 24.3 Å². The van der Waals surface area contributed by atoms with Crippen molar-refractivity contribution >= 4 is 23.5 Å². The Morgan fingerprint density at radius 1 is 1.27 bits per heavy atom. The van der Waals surface area contributed by atoms with Crippen molar-refractivity contribution in [3.8, 4) is 17.2 Å². The molecule has 3 rings (SSSR count). The molecule has 1 N–H and O–H groups in total. The van der Waals surface area contributed by atoms with E-state index in [0.29, 0.717) is 16.3 Å². The summed E-state index contributed by atoms with van der Waals surface area (Å²) in [6, 6.07) is 14.6. The van der Waals surface area contributed by atoms with Gasteiger partial charge in [0.15, 0.2) is 6.10 Å². The Labute approximate surface area is 156 Å². The lowest BCUT2D eigenvalue weighted by molar-refractivity contribution is -0.122. The predicted molar refractivity (Wildman–Crippen MR) is 99.3 cm³/mol. The van der Waals surface area contributed by atoms with Crippen LogP contribution >= 0.6 is 11.6 Å². The highest BCUT2D eigenvalue weighted by atomic mass is 35.5. The zero-order chi connectivity index (χ0) is 18.5. The summed E-state index contributed by atoms with van der Waals surface area (Å²) in [4.78, 5) is 16.4. The molecule has 0 spiro atoms. The third-order valence-corrected chi connectivity index (χ3v) is 3.98. The summed E-state index contributed by atoms with van der Waals surface area (Å²) >= 11 is 5.95. The summed E-state index contributed by atoms with van der Waals surface area (Å²) in [5.41, 5.74) is 1.88. The summed E-state index contributed by atoms with van der Waals surface area (Å²) in [6.45, 7) is 3.73. The van der Waals surface area contributed by atoms with E-state index in [9.17, 15) is 4.79 Å². The fourth-order valence-corrected chi connectivity index (χ4v) is 2.48. The highest BCUT2D eigenvalue weighted by Gasteiger charge is 2.18. The van der Waals surface area contributed by atoms with Crippen molar-refractivity contribution in [3.63, 3.8) is 0 Å². The number of carbonyl (C=O) groups excluding carboxylic acids is 1. The van der Waals surface area contributed by atoms with Crippen LogP contribution in [0.3, 0.4) is 0 Å². The summed E-state index contributed by atoms with van der Waals surface area (Å²) < 4.78 is 10.8. The van der Waals surface area contributed by atoms with Crippen LogP contribution < -0.4 is 10.1 Å². The van der Waals surface area contributed by atoms with Gasteiger partial charge in [-0.05, 0) is 54.4 Å². The number of carbonyl (C=O) groups is 1. The second-order valence-corrected chi connectivity index (χ2v) is 6.12. The molecule has 0 fully saturated rings. The van der Waals surface area contributed by atoms with Crippen LogP contribution in [-0.4, -0.2) is 22.2 Å². The molecule has 0 aliphatic heterocycles. The standard InChI is InChI=1S/C19H18ClN3O3/c1-3-13-7-9-16(10-8-13)25-12(2)17(24)21-19-22-18(26-23-19)14-5-4-6-15(20)11-14/h4-12H,3H2,1-2H3,(H,21,23,24)/t12-/m0/s1. The number of anilines is 1. The fraction of sp³-hybridized carbons (Fsp3) is 0.211. The second-order valence-electron chi connectivity index (χ2n) is 5.68. The molecular weight excluding hydrogens is 354 g/mol. The number of aromatic nitrogens is 2. The predicted octanol–water partition coefficient (Wildman–Crippen LogP) is 4.36. The molecule has 6 nitrogen and oxygen atoms in total. The van der Waals surface area contributed by atoms with Gasteiger partial charge in [-0.15, -0.1) is 0 Å². The van der Waals surface area contributed by atoms with E-state index in [4.69, 9.17) is 20.9 Å². The van der Waals surface area contributed by atoms with Crippen molar-refractivity contribution in [2.24, 2.45) is 0 Å². The number of hydrogen-bond acceptors (Lipinski definition) is 5. The molecule has 1 amide bonds. The van der Waals surface area contributed by atoms with E-state index in [2.05, 4.69) is 22.4 Å². The number of nitrogens with zero attached hydrogens (tertiary/aromatic N) is 2. The van der Waals surface area contributed by atoms with Gasteiger partial charge in [0.2, 0.25) is 0 Å². The van der Waals surface area contributed by atoms with Gasteiger partial charge < -0.3 is 9.26 Å². The number of rotatable bonds is 6. The minimum atomic E-state index is -0.712. The second kappa shape index (κ2) is 8.01. The Kier molecular flexibility index (Phi) is 5.53. The Morgan fingerprint density at radius 2 is 2.04 bits per heavy atom. The molecule has 0 saturated heterocycles. The molecule has 0 saturated carbocycles. The van der Waals surface area contributed by atoms with Gasteiger partial charge >= 0.3 is 0 Å². The Balaban J connectivity index is 1.62. The molecule has 2 aromatic carbocycles.